The maximum atomic E-state index is 12.2. The molecule has 4 heteroatoms. The first-order valence-electron chi connectivity index (χ1n) is 5.98. The number of hydrogen-bond acceptors (Lipinski definition) is 3. The summed E-state index contributed by atoms with van der Waals surface area (Å²) >= 11 is 0. The lowest BCUT2D eigenvalue weighted by atomic mass is 10.1. The largest absolute Gasteiger partial charge is 0.398 e. The van der Waals surface area contributed by atoms with Crippen molar-refractivity contribution in [1.29, 1.82) is 0 Å². The molecule has 1 amide bonds. The number of carbonyl (C=O) groups is 1. The van der Waals surface area contributed by atoms with Gasteiger partial charge in [-0.25, -0.2) is 0 Å². The third-order valence-corrected chi connectivity index (χ3v) is 2.99. The van der Waals surface area contributed by atoms with Crippen LogP contribution in [0.15, 0.2) is 42.5 Å². The molecule has 0 bridgehead atoms. The summed E-state index contributed by atoms with van der Waals surface area (Å²) in [5.41, 5.74) is 9.09. The van der Waals surface area contributed by atoms with Crippen LogP contribution >= 0.6 is 0 Å². The Bertz CT molecular complexity index is 609. The van der Waals surface area contributed by atoms with E-state index in [9.17, 15) is 4.79 Å². The molecule has 0 fully saturated rings. The van der Waals surface area contributed by atoms with Crippen molar-refractivity contribution in [2.45, 2.75) is 13.5 Å². The highest BCUT2D eigenvalue weighted by Gasteiger charge is 2.10. The van der Waals surface area contributed by atoms with Crippen LogP contribution in [-0.4, -0.2) is 11.0 Å². The molecule has 0 atom stereocenters. The Morgan fingerprint density at radius 1 is 1.26 bits per heavy atom. The Labute approximate surface area is 111 Å². The fourth-order valence-corrected chi connectivity index (χ4v) is 1.85. The highest BCUT2D eigenvalue weighted by atomic mass is 16.3. The normalized spacial score (nSPS) is 10.2. The average molecular weight is 256 g/mol. The summed E-state index contributed by atoms with van der Waals surface area (Å²) in [6, 6.07) is 12.3. The predicted molar refractivity (Wildman–Crippen MR) is 75.9 cm³/mol. The van der Waals surface area contributed by atoms with Gasteiger partial charge in [-0.2, -0.15) is 0 Å². The second kappa shape index (κ2) is 5.54. The maximum Gasteiger partial charge on any atom is 0.256 e. The molecule has 2 rings (SSSR count). The summed E-state index contributed by atoms with van der Waals surface area (Å²) in [5, 5.41) is 11.9. The molecule has 0 saturated heterocycles. The molecule has 0 saturated carbocycles. The molecule has 19 heavy (non-hydrogen) atoms. The highest BCUT2D eigenvalue weighted by molar-refractivity contribution is 6.06. The second-order valence-electron chi connectivity index (χ2n) is 4.33. The number of anilines is 2. The van der Waals surface area contributed by atoms with Gasteiger partial charge in [-0.3, -0.25) is 4.79 Å². The topological polar surface area (TPSA) is 75.4 Å². The Hall–Kier alpha value is -2.33. The summed E-state index contributed by atoms with van der Waals surface area (Å²) in [6.07, 6.45) is 0. The van der Waals surface area contributed by atoms with E-state index in [4.69, 9.17) is 10.8 Å². The molecule has 0 unspecified atom stereocenters. The van der Waals surface area contributed by atoms with E-state index in [0.29, 0.717) is 16.9 Å². The van der Waals surface area contributed by atoms with E-state index in [1.54, 1.807) is 42.5 Å². The van der Waals surface area contributed by atoms with Crippen LogP contribution in [-0.2, 0) is 6.61 Å². The molecule has 0 spiro atoms. The lowest BCUT2D eigenvalue weighted by Gasteiger charge is -2.10. The molecule has 0 aliphatic rings. The van der Waals surface area contributed by atoms with Crippen LogP contribution in [0.25, 0.3) is 0 Å². The summed E-state index contributed by atoms with van der Waals surface area (Å²) in [7, 11) is 0. The average Bonchev–Trinajstić information content (AvgIpc) is 2.42. The van der Waals surface area contributed by atoms with Gasteiger partial charge < -0.3 is 16.2 Å². The van der Waals surface area contributed by atoms with Gasteiger partial charge in [0.2, 0.25) is 0 Å². The lowest BCUT2D eigenvalue weighted by Crippen LogP contribution is -2.14. The number of aliphatic hydroxyl groups is 1. The van der Waals surface area contributed by atoms with Gasteiger partial charge in [0.1, 0.15) is 0 Å². The van der Waals surface area contributed by atoms with Crippen LogP contribution in [0, 0.1) is 6.92 Å². The summed E-state index contributed by atoms with van der Waals surface area (Å²) in [4.78, 5) is 12.2. The third-order valence-electron chi connectivity index (χ3n) is 2.99. The molecule has 2 aromatic carbocycles. The highest BCUT2D eigenvalue weighted by Crippen LogP contribution is 2.18. The van der Waals surface area contributed by atoms with Crippen molar-refractivity contribution in [3.05, 3.63) is 59.2 Å². The first kappa shape index (κ1) is 13.1. The van der Waals surface area contributed by atoms with Gasteiger partial charge in [0.15, 0.2) is 0 Å². The predicted octanol–water partition coefficient (Wildman–Crippen LogP) is 2.32. The minimum atomic E-state index is -0.208. The number of nitrogens with one attached hydrogen (secondary N) is 1. The standard InChI is InChI=1S/C15H16N2O2/c1-10-13(6-3-7-14(10)16)15(19)17-12-5-2-4-11(8-12)9-18/h2-8,18H,9,16H2,1H3,(H,17,19). The van der Waals surface area contributed by atoms with Gasteiger partial charge in [-0.15, -0.1) is 0 Å². The number of amides is 1. The number of rotatable bonds is 3. The number of benzene rings is 2. The van der Waals surface area contributed by atoms with Crippen molar-refractivity contribution < 1.29 is 9.90 Å². The van der Waals surface area contributed by atoms with Crippen molar-refractivity contribution in [1.82, 2.24) is 0 Å². The van der Waals surface area contributed by atoms with E-state index >= 15 is 0 Å². The zero-order valence-electron chi connectivity index (χ0n) is 10.7. The van der Waals surface area contributed by atoms with Crippen LogP contribution in [0.4, 0.5) is 11.4 Å². The van der Waals surface area contributed by atoms with Crippen molar-refractivity contribution >= 4 is 17.3 Å². The van der Waals surface area contributed by atoms with Crippen molar-refractivity contribution in [3.63, 3.8) is 0 Å². The van der Waals surface area contributed by atoms with E-state index in [2.05, 4.69) is 5.32 Å². The van der Waals surface area contributed by atoms with E-state index in [0.717, 1.165) is 11.1 Å². The third kappa shape index (κ3) is 2.92. The Kier molecular flexibility index (Phi) is 3.82. The molecule has 4 nitrogen and oxygen atoms in total. The smallest absolute Gasteiger partial charge is 0.256 e. The Balaban J connectivity index is 2.23. The number of carbonyl (C=O) groups excluding carboxylic acids is 1. The van der Waals surface area contributed by atoms with Crippen LogP contribution in [0.3, 0.4) is 0 Å². The van der Waals surface area contributed by atoms with Gasteiger partial charge in [0.05, 0.1) is 6.61 Å². The van der Waals surface area contributed by atoms with Crippen LogP contribution in [0.2, 0.25) is 0 Å². The van der Waals surface area contributed by atoms with Crippen LogP contribution in [0.1, 0.15) is 21.5 Å². The number of hydrogen-bond donors (Lipinski definition) is 3. The molecule has 0 heterocycles. The molecule has 0 radical (unpaired) electrons. The van der Waals surface area contributed by atoms with Crippen LogP contribution in [0.5, 0.6) is 0 Å². The van der Waals surface area contributed by atoms with Crippen molar-refractivity contribution in [2.75, 3.05) is 11.1 Å². The minimum Gasteiger partial charge on any atom is -0.398 e. The van der Waals surface area contributed by atoms with Gasteiger partial charge >= 0.3 is 0 Å². The number of nitrogens with two attached hydrogens (primary N) is 1. The maximum absolute atomic E-state index is 12.2. The molecule has 98 valence electrons. The minimum absolute atomic E-state index is 0.0545. The molecular formula is C15H16N2O2. The van der Waals surface area contributed by atoms with Gasteiger partial charge in [-0.1, -0.05) is 18.2 Å². The fourth-order valence-electron chi connectivity index (χ4n) is 1.85. The summed E-state index contributed by atoms with van der Waals surface area (Å²) < 4.78 is 0. The van der Waals surface area contributed by atoms with Gasteiger partial charge in [-0.05, 0) is 42.3 Å². The Morgan fingerprint density at radius 3 is 2.74 bits per heavy atom. The zero-order valence-corrected chi connectivity index (χ0v) is 10.7. The molecule has 0 aliphatic heterocycles. The molecular weight excluding hydrogens is 240 g/mol. The first-order chi connectivity index (χ1) is 9.11. The van der Waals surface area contributed by atoms with Crippen molar-refractivity contribution in [3.8, 4) is 0 Å². The quantitative estimate of drug-likeness (QED) is 0.738. The summed E-state index contributed by atoms with van der Waals surface area (Å²) in [5.74, 6) is -0.208. The second-order valence-corrected chi connectivity index (χ2v) is 4.33. The van der Waals surface area contributed by atoms with Gasteiger partial charge in [0.25, 0.3) is 5.91 Å². The Morgan fingerprint density at radius 2 is 2.00 bits per heavy atom. The monoisotopic (exact) mass is 256 g/mol. The molecule has 2 aromatic rings. The zero-order chi connectivity index (χ0) is 13.8. The van der Waals surface area contributed by atoms with E-state index in [1.807, 2.05) is 6.92 Å². The SMILES string of the molecule is Cc1c(N)cccc1C(=O)Nc1cccc(CO)c1. The van der Waals surface area contributed by atoms with E-state index in [1.165, 1.54) is 0 Å². The molecule has 0 aliphatic carbocycles. The lowest BCUT2D eigenvalue weighted by molar-refractivity contribution is 0.102. The number of aliphatic hydroxyl groups excluding tert-OH is 1. The van der Waals surface area contributed by atoms with E-state index < -0.39 is 0 Å². The summed E-state index contributed by atoms with van der Waals surface area (Å²) in [6.45, 7) is 1.76. The van der Waals surface area contributed by atoms with Crippen molar-refractivity contribution in [2.24, 2.45) is 0 Å². The number of nitrogen functional groups attached to an aromatic ring is 1. The fraction of sp³-hybridized carbons (Fsp3) is 0.133. The first-order valence-corrected chi connectivity index (χ1v) is 5.98. The molecule has 0 aromatic heterocycles. The van der Waals surface area contributed by atoms with Gasteiger partial charge in [0, 0.05) is 16.9 Å². The van der Waals surface area contributed by atoms with E-state index in [-0.39, 0.29) is 12.5 Å². The van der Waals surface area contributed by atoms with Crippen LogP contribution < -0.4 is 11.1 Å². The molecule has 4 N–H and O–H groups in total.